The van der Waals surface area contributed by atoms with Gasteiger partial charge in [-0.3, -0.25) is 0 Å². The fraction of sp³-hybridized carbons (Fsp3) is 0.786. The Morgan fingerprint density at radius 3 is 2.79 bits per heavy atom. The first-order valence-electron chi connectivity index (χ1n) is 7.25. The first kappa shape index (κ1) is 12.7. The molecule has 0 radical (unpaired) electrons. The second kappa shape index (κ2) is 4.79. The Balaban J connectivity index is 1.62. The van der Waals surface area contributed by atoms with E-state index >= 15 is 0 Å². The lowest BCUT2D eigenvalue weighted by molar-refractivity contribution is -0.0703. The fourth-order valence-corrected chi connectivity index (χ4v) is 6.97. The molecule has 104 valence electrons. The Morgan fingerprint density at radius 2 is 2.21 bits per heavy atom. The van der Waals surface area contributed by atoms with E-state index in [1.807, 2.05) is 17.8 Å². The minimum Gasteiger partial charge on any atom is -0.302 e. The van der Waals surface area contributed by atoms with Crippen molar-refractivity contribution in [2.45, 2.75) is 17.7 Å². The lowest BCUT2D eigenvalue weighted by Crippen LogP contribution is -2.64. The van der Waals surface area contributed by atoms with Crippen LogP contribution in [0.2, 0.25) is 0 Å². The van der Waals surface area contributed by atoms with Gasteiger partial charge in [-0.1, -0.05) is 6.08 Å². The molecule has 1 N–H and O–H groups in total. The smallest absolute Gasteiger partial charge is 0.115 e. The van der Waals surface area contributed by atoms with Crippen LogP contribution in [0, 0.1) is 23.7 Å². The Morgan fingerprint density at radius 1 is 1.42 bits per heavy atom. The summed E-state index contributed by atoms with van der Waals surface area (Å²) in [5.74, 6) is 4.45. The Bertz CT molecular complexity index is 383. The molecular formula is C14H21N3S2. The maximum atomic E-state index is 4.43. The molecule has 4 bridgehead atoms. The molecule has 5 rings (SSSR count). The van der Waals surface area contributed by atoms with Gasteiger partial charge in [-0.15, -0.1) is 18.3 Å². The van der Waals surface area contributed by atoms with Gasteiger partial charge in [0.2, 0.25) is 0 Å². The van der Waals surface area contributed by atoms with Gasteiger partial charge in [0.15, 0.2) is 0 Å². The zero-order valence-corrected chi connectivity index (χ0v) is 12.8. The average molecular weight is 295 g/mol. The van der Waals surface area contributed by atoms with E-state index in [9.17, 15) is 0 Å². The monoisotopic (exact) mass is 295 g/mol. The average Bonchev–Trinajstić information content (AvgIpc) is 2.85. The molecule has 0 aromatic heterocycles. The number of hydrogen-bond donors (Lipinski definition) is 1. The molecule has 0 spiro atoms. The molecule has 0 amide bonds. The van der Waals surface area contributed by atoms with Crippen LogP contribution in [0.15, 0.2) is 17.1 Å². The van der Waals surface area contributed by atoms with E-state index in [4.69, 9.17) is 0 Å². The molecule has 0 aromatic carbocycles. The van der Waals surface area contributed by atoms with Crippen LogP contribution in [0.4, 0.5) is 0 Å². The van der Waals surface area contributed by atoms with Gasteiger partial charge in [-0.2, -0.15) is 0 Å². The molecule has 1 aliphatic carbocycles. The van der Waals surface area contributed by atoms with Crippen LogP contribution in [0.25, 0.3) is 0 Å². The topological polar surface area (TPSA) is 27.6 Å². The molecule has 4 heterocycles. The van der Waals surface area contributed by atoms with Gasteiger partial charge < -0.3 is 4.90 Å². The molecule has 5 heteroatoms. The van der Waals surface area contributed by atoms with E-state index < -0.39 is 0 Å². The van der Waals surface area contributed by atoms with Gasteiger partial charge in [0.05, 0.1) is 12.1 Å². The number of hydrogen-bond acceptors (Lipinski definition) is 5. The van der Waals surface area contributed by atoms with Crippen molar-refractivity contribution in [2.24, 2.45) is 28.1 Å². The van der Waals surface area contributed by atoms with Crippen LogP contribution in [0.5, 0.6) is 0 Å². The third-order valence-electron chi connectivity index (χ3n) is 5.23. The predicted molar refractivity (Wildman–Crippen MR) is 84.2 cm³/mol. The molecule has 3 nitrogen and oxygen atoms in total. The summed E-state index contributed by atoms with van der Waals surface area (Å²) in [6.07, 6.45) is 7.08. The van der Waals surface area contributed by atoms with Crippen LogP contribution in [-0.4, -0.2) is 41.4 Å². The minimum atomic E-state index is 0.0581. The van der Waals surface area contributed by atoms with E-state index in [1.54, 1.807) is 0 Å². The lowest BCUT2D eigenvalue weighted by atomic mass is 9.60. The van der Waals surface area contributed by atoms with Crippen LogP contribution in [0.3, 0.4) is 0 Å². The summed E-state index contributed by atoms with van der Waals surface area (Å²) in [4.78, 5) is 2.76. The molecular weight excluding hydrogens is 274 g/mol. The maximum absolute atomic E-state index is 4.43. The second-order valence-electron chi connectivity index (χ2n) is 6.42. The van der Waals surface area contributed by atoms with Gasteiger partial charge in [-0.25, -0.2) is 9.12 Å². The largest absolute Gasteiger partial charge is 0.302 e. The Kier molecular flexibility index (Phi) is 3.22. The standard InChI is InChI=1S/C14H21N3S2/c1-2-3-18-14(9-15-19-16-14)13-11-4-10-5-12(13)8-17(6-10)7-11/h2,9-13,16H,1,3-8H2. The van der Waals surface area contributed by atoms with Gasteiger partial charge in [-0.05, 0) is 30.6 Å². The van der Waals surface area contributed by atoms with Crippen LogP contribution >= 0.6 is 23.9 Å². The molecule has 3 saturated heterocycles. The van der Waals surface area contributed by atoms with E-state index in [1.165, 1.54) is 44.6 Å². The zero-order valence-electron chi connectivity index (χ0n) is 11.1. The van der Waals surface area contributed by atoms with Gasteiger partial charge >= 0.3 is 0 Å². The van der Waals surface area contributed by atoms with Crippen molar-refractivity contribution in [1.82, 2.24) is 9.62 Å². The SMILES string of the molecule is C=CCSC1(C2C3CC4CC2CN(C4)C3)C=NSN1. The first-order chi connectivity index (χ1) is 9.31. The summed E-state index contributed by atoms with van der Waals surface area (Å²) < 4.78 is 8.06. The highest BCUT2D eigenvalue weighted by Crippen LogP contribution is 2.54. The van der Waals surface area contributed by atoms with Gasteiger partial charge in [0.25, 0.3) is 0 Å². The Hall–Kier alpha value is 0.0300. The quantitative estimate of drug-likeness (QED) is 0.637. The molecule has 3 unspecified atom stereocenters. The van der Waals surface area contributed by atoms with E-state index in [-0.39, 0.29) is 4.87 Å². The van der Waals surface area contributed by atoms with Crippen molar-refractivity contribution < 1.29 is 0 Å². The fourth-order valence-electron chi connectivity index (χ4n) is 4.85. The highest BCUT2D eigenvalue weighted by molar-refractivity contribution is 8.04. The first-order valence-corrected chi connectivity index (χ1v) is 9.01. The molecule has 5 aliphatic rings. The summed E-state index contributed by atoms with van der Waals surface area (Å²) >= 11 is 3.52. The second-order valence-corrected chi connectivity index (χ2v) is 8.32. The molecule has 4 fully saturated rings. The summed E-state index contributed by atoms with van der Waals surface area (Å²) in [6.45, 7) is 7.87. The molecule has 0 aromatic rings. The number of nitrogens with one attached hydrogen (secondary N) is 1. The number of nitrogens with zero attached hydrogens (tertiary/aromatic N) is 2. The highest BCUT2D eigenvalue weighted by atomic mass is 32.2. The Labute approximate surface area is 123 Å². The third kappa shape index (κ3) is 2.01. The number of piperidine rings is 3. The van der Waals surface area contributed by atoms with Crippen molar-refractivity contribution in [1.29, 1.82) is 0 Å². The molecule has 1 saturated carbocycles. The van der Waals surface area contributed by atoms with E-state index in [0.29, 0.717) is 0 Å². The summed E-state index contributed by atoms with van der Waals surface area (Å²) in [6, 6.07) is 0. The van der Waals surface area contributed by atoms with Crippen LogP contribution in [0.1, 0.15) is 12.8 Å². The van der Waals surface area contributed by atoms with Crippen LogP contribution < -0.4 is 4.72 Å². The normalized spacial score (nSPS) is 50.8. The number of rotatable bonds is 4. The van der Waals surface area contributed by atoms with E-state index in [2.05, 4.69) is 26.8 Å². The third-order valence-corrected chi connectivity index (χ3v) is 7.36. The van der Waals surface area contributed by atoms with Crippen molar-refractivity contribution >= 4 is 30.1 Å². The molecule has 19 heavy (non-hydrogen) atoms. The van der Waals surface area contributed by atoms with Crippen molar-refractivity contribution in [3.05, 3.63) is 12.7 Å². The summed E-state index contributed by atoms with van der Waals surface area (Å²) in [5, 5.41) is 0. The minimum absolute atomic E-state index is 0.0581. The molecule has 4 aliphatic heterocycles. The maximum Gasteiger partial charge on any atom is 0.115 e. The van der Waals surface area contributed by atoms with Crippen LogP contribution in [-0.2, 0) is 0 Å². The van der Waals surface area contributed by atoms with E-state index in [0.717, 1.165) is 29.4 Å². The van der Waals surface area contributed by atoms with Gasteiger partial charge in [0, 0.05) is 37.5 Å². The number of thioether (sulfide) groups is 1. The van der Waals surface area contributed by atoms with Crippen molar-refractivity contribution in [2.75, 3.05) is 25.4 Å². The van der Waals surface area contributed by atoms with Crippen molar-refractivity contribution in [3.63, 3.8) is 0 Å². The highest BCUT2D eigenvalue weighted by Gasteiger charge is 2.56. The molecule has 3 atom stereocenters. The predicted octanol–water partition coefficient (Wildman–Crippen LogP) is 2.43. The zero-order chi connectivity index (χ0) is 12.9. The van der Waals surface area contributed by atoms with Gasteiger partial charge in [0.1, 0.15) is 4.87 Å². The summed E-state index contributed by atoms with van der Waals surface area (Å²) in [5.41, 5.74) is 0. The lowest BCUT2D eigenvalue weighted by Gasteiger charge is -2.59. The summed E-state index contributed by atoms with van der Waals surface area (Å²) in [7, 11) is 0. The van der Waals surface area contributed by atoms with Crippen molar-refractivity contribution in [3.8, 4) is 0 Å².